The Hall–Kier alpha value is -2.90. The third kappa shape index (κ3) is 5.54. The summed E-state index contributed by atoms with van der Waals surface area (Å²) in [5.41, 5.74) is 0.651. The maximum atomic E-state index is 12.7. The third-order valence-corrected chi connectivity index (χ3v) is 6.43. The van der Waals surface area contributed by atoms with E-state index in [1.165, 1.54) is 12.0 Å². The molecule has 2 aliphatic rings. The summed E-state index contributed by atoms with van der Waals surface area (Å²) >= 11 is 6.50. The first-order valence-corrected chi connectivity index (χ1v) is 11.2. The fraction of sp³-hybridized carbons (Fsp3) is 0.474. The van der Waals surface area contributed by atoms with Crippen LogP contribution in [0.2, 0.25) is 5.15 Å². The summed E-state index contributed by atoms with van der Waals surface area (Å²) in [5.74, 6) is -3.04. The second-order valence-electron chi connectivity index (χ2n) is 7.30. The number of hydrogen-bond acceptors (Lipinski definition) is 8. The SMILES string of the molecule is CCc1[nH]c(C(=O)NC2CCN(C(=O)/C=C3\SC(=O)N(CC(=O)O)C3=O)CC2OC)nc1Cl. The quantitative estimate of drug-likeness (QED) is 0.457. The van der Waals surface area contributed by atoms with Gasteiger partial charge in [-0.2, -0.15) is 0 Å². The highest BCUT2D eigenvalue weighted by molar-refractivity contribution is 8.18. The number of carbonyl (C=O) groups is 5. The maximum Gasteiger partial charge on any atom is 0.323 e. The summed E-state index contributed by atoms with van der Waals surface area (Å²) in [6.07, 6.45) is 1.46. The number of carboxylic acid groups (broad SMARTS) is 1. The van der Waals surface area contributed by atoms with Crippen LogP contribution in [0.1, 0.15) is 29.7 Å². The molecule has 1 aromatic heterocycles. The normalized spacial score (nSPS) is 22.2. The average molecular weight is 500 g/mol. The predicted molar refractivity (Wildman–Crippen MR) is 117 cm³/mol. The Morgan fingerprint density at radius 1 is 1.39 bits per heavy atom. The zero-order chi connectivity index (χ0) is 24.3. The highest BCUT2D eigenvalue weighted by atomic mass is 35.5. The van der Waals surface area contributed by atoms with Crippen LogP contribution in [0.5, 0.6) is 0 Å². The van der Waals surface area contributed by atoms with Crippen LogP contribution in [0.15, 0.2) is 11.0 Å². The van der Waals surface area contributed by atoms with Gasteiger partial charge in [0.25, 0.3) is 17.1 Å². The van der Waals surface area contributed by atoms with Gasteiger partial charge in [-0.05, 0) is 24.6 Å². The van der Waals surface area contributed by atoms with Crippen molar-refractivity contribution in [1.82, 2.24) is 25.1 Å². The van der Waals surface area contributed by atoms with Gasteiger partial charge in [-0.3, -0.25) is 28.9 Å². The summed E-state index contributed by atoms with van der Waals surface area (Å²) < 4.78 is 5.45. The Labute approximate surface area is 197 Å². The second-order valence-corrected chi connectivity index (χ2v) is 8.65. The number of likely N-dealkylation sites (tertiary alicyclic amines) is 1. The lowest BCUT2D eigenvalue weighted by atomic mass is 10.0. The molecule has 33 heavy (non-hydrogen) atoms. The third-order valence-electron chi connectivity index (χ3n) is 5.21. The Morgan fingerprint density at radius 2 is 2.12 bits per heavy atom. The molecule has 2 unspecified atom stereocenters. The monoisotopic (exact) mass is 499 g/mol. The van der Waals surface area contributed by atoms with Crippen LogP contribution in [0.3, 0.4) is 0 Å². The zero-order valence-electron chi connectivity index (χ0n) is 17.8. The fourth-order valence-corrected chi connectivity index (χ4v) is 4.53. The molecule has 0 spiro atoms. The number of thioether (sulfide) groups is 1. The number of ether oxygens (including phenoxy) is 1. The molecule has 3 N–H and O–H groups in total. The molecule has 12 nitrogen and oxygen atoms in total. The van der Waals surface area contributed by atoms with E-state index in [0.717, 1.165) is 6.08 Å². The number of aromatic nitrogens is 2. The Balaban J connectivity index is 1.63. The number of nitrogens with zero attached hydrogens (tertiary/aromatic N) is 3. The molecule has 1 aromatic rings. The van der Waals surface area contributed by atoms with Gasteiger partial charge >= 0.3 is 5.97 Å². The number of aliphatic carboxylic acids is 1. The number of hydrogen-bond donors (Lipinski definition) is 3. The van der Waals surface area contributed by atoms with E-state index in [-0.39, 0.29) is 29.0 Å². The number of amides is 4. The number of aryl methyl sites for hydroxylation is 1. The van der Waals surface area contributed by atoms with Gasteiger partial charge in [-0.25, -0.2) is 4.98 Å². The minimum atomic E-state index is -1.33. The van der Waals surface area contributed by atoms with E-state index in [1.54, 1.807) is 0 Å². The average Bonchev–Trinajstić information content (AvgIpc) is 3.28. The van der Waals surface area contributed by atoms with Crippen molar-refractivity contribution in [3.05, 3.63) is 27.7 Å². The van der Waals surface area contributed by atoms with Crippen molar-refractivity contribution in [3.63, 3.8) is 0 Å². The summed E-state index contributed by atoms with van der Waals surface area (Å²) in [6.45, 7) is 1.50. The van der Waals surface area contributed by atoms with Crippen LogP contribution in [-0.4, -0.2) is 92.7 Å². The van der Waals surface area contributed by atoms with Crippen LogP contribution in [0.25, 0.3) is 0 Å². The first-order valence-electron chi connectivity index (χ1n) is 9.98. The number of methoxy groups -OCH3 is 1. The van der Waals surface area contributed by atoms with Crippen LogP contribution < -0.4 is 5.32 Å². The molecular formula is C19H22ClN5O7S. The number of halogens is 1. The summed E-state index contributed by atoms with van der Waals surface area (Å²) in [5, 5.41) is 11.1. The van der Waals surface area contributed by atoms with Gasteiger partial charge in [0.05, 0.1) is 22.7 Å². The molecule has 2 atom stereocenters. The molecule has 178 valence electrons. The van der Waals surface area contributed by atoms with Crippen molar-refractivity contribution in [3.8, 4) is 0 Å². The van der Waals surface area contributed by atoms with E-state index in [2.05, 4.69) is 15.3 Å². The second kappa shape index (κ2) is 10.4. The molecule has 14 heteroatoms. The van der Waals surface area contributed by atoms with Crippen molar-refractivity contribution in [1.29, 1.82) is 0 Å². The zero-order valence-corrected chi connectivity index (χ0v) is 19.4. The van der Waals surface area contributed by atoms with E-state index in [4.69, 9.17) is 21.4 Å². The number of imide groups is 1. The Kier molecular flexibility index (Phi) is 7.76. The molecule has 4 amide bonds. The molecule has 2 saturated heterocycles. The number of carbonyl (C=O) groups excluding carboxylic acids is 4. The van der Waals surface area contributed by atoms with Gasteiger partial charge in [0.15, 0.2) is 11.0 Å². The number of aromatic amines is 1. The molecule has 3 heterocycles. The van der Waals surface area contributed by atoms with Crippen molar-refractivity contribution in [2.75, 3.05) is 26.7 Å². The topological polar surface area (TPSA) is 162 Å². The van der Waals surface area contributed by atoms with Gasteiger partial charge in [-0.15, -0.1) is 0 Å². The smallest absolute Gasteiger partial charge is 0.323 e. The van der Waals surface area contributed by atoms with Crippen LogP contribution in [-0.2, 0) is 25.5 Å². The van der Waals surface area contributed by atoms with E-state index in [0.29, 0.717) is 35.2 Å². The predicted octanol–water partition coefficient (Wildman–Crippen LogP) is 0.635. The van der Waals surface area contributed by atoms with Crippen LogP contribution in [0.4, 0.5) is 4.79 Å². The number of imidazole rings is 1. The fourth-order valence-electron chi connectivity index (χ4n) is 3.46. The molecule has 2 fully saturated rings. The molecule has 0 radical (unpaired) electrons. The summed E-state index contributed by atoms with van der Waals surface area (Å²) in [4.78, 5) is 68.9. The Bertz CT molecular complexity index is 1030. The minimum Gasteiger partial charge on any atom is -0.480 e. The van der Waals surface area contributed by atoms with Crippen LogP contribution in [0, 0.1) is 0 Å². The minimum absolute atomic E-state index is 0.0855. The Morgan fingerprint density at radius 3 is 2.73 bits per heavy atom. The van der Waals surface area contributed by atoms with Gasteiger partial charge in [0.1, 0.15) is 6.54 Å². The van der Waals surface area contributed by atoms with Crippen molar-refractivity contribution in [2.24, 2.45) is 0 Å². The largest absolute Gasteiger partial charge is 0.480 e. The number of piperidine rings is 1. The van der Waals surface area contributed by atoms with Crippen molar-refractivity contribution >= 4 is 52.3 Å². The number of H-pyrrole nitrogens is 1. The molecule has 0 aromatic carbocycles. The van der Waals surface area contributed by atoms with E-state index < -0.39 is 47.6 Å². The summed E-state index contributed by atoms with van der Waals surface area (Å²) in [7, 11) is 1.45. The molecular weight excluding hydrogens is 478 g/mol. The highest BCUT2D eigenvalue weighted by Gasteiger charge is 2.38. The van der Waals surface area contributed by atoms with Gasteiger partial charge in [-0.1, -0.05) is 18.5 Å². The first kappa shape index (κ1) is 24.7. The lowest BCUT2D eigenvalue weighted by Gasteiger charge is -2.37. The molecule has 2 aliphatic heterocycles. The van der Waals surface area contributed by atoms with Crippen molar-refractivity contribution < 1.29 is 33.8 Å². The maximum absolute atomic E-state index is 12.7. The number of nitrogens with one attached hydrogen (secondary N) is 2. The van der Waals surface area contributed by atoms with Gasteiger partial charge in [0, 0.05) is 26.3 Å². The summed E-state index contributed by atoms with van der Waals surface area (Å²) in [6, 6.07) is -0.400. The molecule has 0 saturated carbocycles. The van der Waals surface area contributed by atoms with Crippen LogP contribution >= 0.6 is 23.4 Å². The number of rotatable bonds is 7. The number of carboxylic acids is 1. The lowest BCUT2D eigenvalue weighted by molar-refractivity contribution is -0.140. The van der Waals surface area contributed by atoms with Gasteiger partial charge in [0.2, 0.25) is 5.91 Å². The van der Waals surface area contributed by atoms with E-state index >= 15 is 0 Å². The van der Waals surface area contributed by atoms with Gasteiger partial charge < -0.3 is 25.0 Å². The highest BCUT2D eigenvalue weighted by Crippen LogP contribution is 2.30. The first-order chi connectivity index (χ1) is 15.6. The molecule has 3 rings (SSSR count). The molecule has 0 bridgehead atoms. The standard InChI is InChI=1S/C19H22ClN5O7S/c1-3-9-15(20)23-16(21-9)17(29)22-10-4-5-24(7-11(10)32-2)13(26)6-12-18(30)25(8-14(27)28)19(31)33-12/h6,10-11H,3-5,7-8H2,1-2H3,(H,21,23)(H,22,29)(H,27,28)/b12-6-. The molecule has 0 aliphatic carbocycles. The lowest BCUT2D eigenvalue weighted by Crippen LogP contribution is -2.56. The van der Waals surface area contributed by atoms with E-state index in [1.807, 2.05) is 6.92 Å². The van der Waals surface area contributed by atoms with Crippen molar-refractivity contribution in [2.45, 2.75) is 31.9 Å². The van der Waals surface area contributed by atoms with E-state index in [9.17, 15) is 24.0 Å².